The SMILES string of the molecule is CCCCNC(=O)c1cc(-c2ccccc2Cl)nn1-c1cccc([N+](=O)[O-])c1. The Balaban J connectivity index is 2.09. The van der Waals surface area contributed by atoms with E-state index in [1.54, 1.807) is 30.3 Å². The Morgan fingerprint density at radius 1 is 1.21 bits per heavy atom. The second-order valence-corrected chi connectivity index (χ2v) is 6.60. The van der Waals surface area contributed by atoms with Crippen LogP contribution in [0.3, 0.4) is 0 Å². The predicted molar refractivity (Wildman–Crippen MR) is 108 cm³/mol. The van der Waals surface area contributed by atoms with Crippen molar-refractivity contribution in [1.82, 2.24) is 15.1 Å². The number of hydrogen-bond acceptors (Lipinski definition) is 4. The first kappa shape index (κ1) is 19.6. The molecule has 144 valence electrons. The summed E-state index contributed by atoms with van der Waals surface area (Å²) in [5.41, 5.74) is 1.82. The quantitative estimate of drug-likeness (QED) is 0.357. The molecular formula is C20H19ClN4O3. The average Bonchev–Trinajstić information content (AvgIpc) is 3.14. The summed E-state index contributed by atoms with van der Waals surface area (Å²) >= 11 is 6.28. The van der Waals surface area contributed by atoms with Crippen LogP contribution in [0.5, 0.6) is 0 Å². The fraction of sp³-hybridized carbons (Fsp3) is 0.200. The Morgan fingerprint density at radius 3 is 2.71 bits per heavy atom. The van der Waals surface area contributed by atoms with Gasteiger partial charge in [-0.3, -0.25) is 14.9 Å². The molecular weight excluding hydrogens is 380 g/mol. The highest BCUT2D eigenvalue weighted by Crippen LogP contribution is 2.28. The van der Waals surface area contributed by atoms with Gasteiger partial charge in [-0.15, -0.1) is 0 Å². The number of halogens is 1. The number of carbonyl (C=O) groups is 1. The van der Waals surface area contributed by atoms with Gasteiger partial charge in [-0.2, -0.15) is 5.10 Å². The molecule has 0 spiro atoms. The van der Waals surface area contributed by atoms with E-state index in [2.05, 4.69) is 10.4 Å². The van der Waals surface area contributed by atoms with Crippen LogP contribution in [-0.4, -0.2) is 27.2 Å². The van der Waals surface area contributed by atoms with Crippen molar-refractivity contribution in [3.8, 4) is 16.9 Å². The van der Waals surface area contributed by atoms with Crippen LogP contribution < -0.4 is 5.32 Å². The standard InChI is InChI=1S/C20H19ClN4O3/c1-2-3-11-22-20(26)19-13-18(16-9-4-5-10-17(16)21)23-24(19)14-7-6-8-15(12-14)25(27)28/h4-10,12-13H,2-3,11H2,1H3,(H,22,26). The van der Waals surface area contributed by atoms with Crippen LogP contribution in [0.1, 0.15) is 30.3 Å². The first-order valence-corrected chi connectivity index (χ1v) is 9.27. The molecule has 2 aromatic carbocycles. The van der Waals surface area contributed by atoms with Crippen LogP contribution in [-0.2, 0) is 0 Å². The highest BCUT2D eigenvalue weighted by molar-refractivity contribution is 6.33. The minimum atomic E-state index is -0.483. The number of nitrogens with one attached hydrogen (secondary N) is 1. The van der Waals surface area contributed by atoms with Crippen LogP contribution in [0, 0.1) is 10.1 Å². The number of aromatic nitrogens is 2. The molecule has 3 aromatic rings. The smallest absolute Gasteiger partial charge is 0.271 e. The maximum absolute atomic E-state index is 12.7. The molecule has 0 radical (unpaired) electrons. The van der Waals surface area contributed by atoms with E-state index in [0.717, 1.165) is 12.8 Å². The number of amides is 1. The summed E-state index contributed by atoms with van der Waals surface area (Å²) in [7, 11) is 0. The molecule has 1 heterocycles. The first-order chi connectivity index (χ1) is 13.5. The van der Waals surface area contributed by atoms with Gasteiger partial charge in [-0.1, -0.05) is 49.2 Å². The number of nitro benzene ring substituents is 1. The van der Waals surface area contributed by atoms with Crippen LogP contribution in [0.25, 0.3) is 16.9 Å². The fourth-order valence-electron chi connectivity index (χ4n) is 2.75. The number of benzene rings is 2. The number of rotatable bonds is 7. The molecule has 0 aliphatic heterocycles. The Labute approximate surface area is 167 Å². The van der Waals surface area contributed by atoms with Gasteiger partial charge in [0.2, 0.25) is 0 Å². The van der Waals surface area contributed by atoms with Crippen molar-refractivity contribution in [1.29, 1.82) is 0 Å². The van der Waals surface area contributed by atoms with E-state index in [4.69, 9.17) is 11.6 Å². The third kappa shape index (κ3) is 4.20. The van der Waals surface area contributed by atoms with Crippen molar-refractivity contribution < 1.29 is 9.72 Å². The fourth-order valence-corrected chi connectivity index (χ4v) is 2.98. The number of nitro groups is 1. The van der Waals surface area contributed by atoms with E-state index in [-0.39, 0.29) is 17.3 Å². The van der Waals surface area contributed by atoms with Gasteiger partial charge in [0.15, 0.2) is 0 Å². The number of nitrogens with zero attached hydrogens (tertiary/aromatic N) is 3. The largest absolute Gasteiger partial charge is 0.351 e. The van der Waals surface area contributed by atoms with E-state index >= 15 is 0 Å². The third-order valence-electron chi connectivity index (χ3n) is 4.19. The number of non-ortho nitro benzene ring substituents is 1. The zero-order valence-electron chi connectivity index (χ0n) is 15.3. The lowest BCUT2D eigenvalue weighted by Gasteiger charge is -2.08. The molecule has 0 bridgehead atoms. The van der Waals surface area contributed by atoms with E-state index < -0.39 is 4.92 Å². The van der Waals surface area contributed by atoms with Crippen molar-refractivity contribution in [3.05, 3.63) is 75.4 Å². The summed E-state index contributed by atoms with van der Waals surface area (Å²) in [6.45, 7) is 2.58. The molecule has 3 rings (SSSR count). The van der Waals surface area contributed by atoms with Gasteiger partial charge in [0.25, 0.3) is 11.6 Å². The highest BCUT2D eigenvalue weighted by Gasteiger charge is 2.19. The van der Waals surface area contributed by atoms with Gasteiger partial charge in [-0.05, 0) is 24.6 Å². The Bertz CT molecular complexity index is 1020. The average molecular weight is 399 g/mol. The monoisotopic (exact) mass is 398 g/mol. The minimum Gasteiger partial charge on any atom is -0.351 e. The van der Waals surface area contributed by atoms with E-state index in [1.165, 1.54) is 16.8 Å². The van der Waals surface area contributed by atoms with E-state index in [0.29, 0.717) is 28.5 Å². The zero-order chi connectivity index (χ0) is 20.1. The van der Waals surface area contributed by atoms with Crippen molar-refractivity contribution >= 4 is 23.2 Å². The minimum absolute atomic E-state index is 0.0790. The molecule has 0 fully saturated rings. The van der Waals surface area contributed by atoms with Gasteiger partial charge < -0.3 is 5.32 Å². The molecule has 1 amide bonds. The molecule has 0 aliphatic rings. The van der Waals surface area contributed by atoms with Gasteiger partial charge in [-0.25, -0.2) is 4.68 Å². The molecule has 0 saturated carbocycles. The predicted octanol–water partition coefficient (Wildman–Crippen LogP) is 4.63. The van der Waals surface area contributed by atoms with Gasteiger partial charge >= 0.3 is 0 Å². The summed E-state index contributed by atoms with van der Waals surface area (Å²) in [5.74, 6) is -0.300. The summed E-state index contributed by atoms with van der Waals surface area (Å²) < 4.78 is 1.41. The van der Waals surface area contributed by atoms with Crippen LogP contribution in [0.15, 0.2) is 54.6 Å². The van der Waals surface area contributed by atoms with Gasteiger partial charge in [0.1, 0.15) is 5.69 Å². The number of hydrogen-bond donors (Lipinski definition) is 1. The summed E-state index contributed by atoms with van der Waals surface area (Å²) in [4.78, 5) is 23.4. The molecule has 0 atom stereocenters. The number of unbranched alkanes of at least 4 members (excludes halogenated alkanes) is 1. The van der Waals surface area contributed by atoms with Crippen molar-refractivity contribution in [3.63, 3.8) is 0 Å². The molecule has 28 heavy (non-hydrogen) atoms. The van der Waals surface area contributed by atoms with Gasteiger partial charge in [0, 0.05) is 24.2 Å². The summed E-state index contributed by atoms with van der Waals surface area (Å²) in [6, 6.07) is 14.8. The Kier molecular flexibility index (Phi) is 6.06. The summed E-state index contributed by atoms with van der Waals surface area (Å²) in [6.07, 6.45) is 1.81. The first-order valence-electron chi connectivity index (χ1n) is 8.89. The Morgan fingerprint density at radius 2 is 2.00 bits per heavy atom. The van der Waals surface area contributed by atoms with E-state index in [1.807, 2.05) is 19.1 Å². The normalized spacial score (nSPS) is 10.6. The lowest BCUT2D eigenvalue weighted by Crippen LogP contribution is -2.26. The van der Waals surface area contributed by atoms with Crippen molar-refractivity contribution in [2.75, 3.05) is 6.54 Å². The molecule has 0 saturated heterocycles. The van der Waals surface area contributed by atoms with Crippen molar-refractivity contribution in [2.24, 2.45) is 0 Å². The molecule has 0 aliphatic carbocycles. The zero-order valence-corrected chi connectivity index (χ0v) is 16.0. The maximum atomic E-state index is 12.7. The molecule has 1 aromatic heterocycles. The second kappa shape index (κ2) is 8.67. The molecule has 0 unspecified atom stereocenters. The molecule has 1 N–H and O–H groups in total. The number of carbonyl (C=O) groups excluding carboxylic acids is 1. The lowest BCUT2D eigenvalue weighted by molar-refractivity contribution is -0.384. The van der Waals surface area contributed by atoms with Crippen molar-refractivity contribution in [2.45, 2.75) is 19.8 Å². The second-order valence-electron chi connectivity index (χ2n) is 6.19. The van der Waals surface area contributed by atoms with Crippen LogP contribution >= 0.6 is 11.6 Å². The van der Waals surface area contributed by atoms with Gasteiger partial charge in [0.05, 0.1) is 21.3 Å². The Hall–Kier alpha value is -3.19. The molecule has 7 nitrogen and oxygen atoms in total. The van der Waals surface area contributed by atoms with E-state index in [9.17, 15) is 14.9 Å². The third-order valence-corrected chi connectivity index (χ3v) is 4.52. The topological polar surface area (TPSA) is 90.1 Å². The highest BCUT2D eigenvalue weighted by atomic mass is 35.5. The lowest BCUT2D eigenvalue weighted by atomic mass is 10.1. The summed E-state index contributed by atoms with van der Waals surface area (Å²) in [5, 5.41) is 19.0. The maximum Gasteiger partial charge on any atom is 0.271 e. The molecule has 8 heteroatoms. The van der Waals surface area contributed by atoms with Crippen LogP contribution in [0.2, 0.25) is 5.02 Å². The van der Waals surface area contributed by atoms with Crippen LogP contribution in [0.4, 0.5) is 5.69 Å².